The quantitative estimate of drug-likeness (QED) is 0.345. The largest absolute Gasteiger partial charge is 0.389 e. The molecule has 148 valence electrons. The maximum atomic E-state index is 12.9. The Morgan fingerprint density at radius 1 is 1.07 bits per heavy atom. The van der Waals surface area contributed by atoms with Gasteiger partial charge in [0.25, 0.3) is 5.91 Å². The molecule has 3 rings (SSSR count). The third-order valence-electron chi connectivity index (χ3n) is 5.51. The third kappa shape index (κ3) is 3.46. The zero-order valence-corrected chi connectivity index (χ0v) is 16.4. The number of carbonyl (C=O) groups is 3. The molecular weight excluding hydrogens is 348 g/mol. The van der Waals surface area contributed by atoms with Crippen LogP contribution < -0.4 is 0 Å². The Bertz CT molecular complexity index is 739. The average Bonchev–Trinajstić information content (AvgIpc) is 3.34. The number of fused-ring (bicyclic) bond motifs is 1. The summed E-state index contributed by atoms with van der Waals surface area (Å²) >= 11 is 0. The number of likely N-dealkylation sites (tertiary alicyclic amines) is 2. The molecule has 0 spiro atoms. The second kappa shape index (κ2) is 6.27. The van der Waals surface area contributed by atoms with Crippen molar-refractivity contribution >= 4 is 17.7 Å². The van der Waals surface area contributed by atoms with Crippen LogP contribution in [0.2, 0.25) is 0 Å². The molecule has 0 aromatic rings. The number of rotatable bonds is 4. The normalized spacial score (nSPS) is 30.9. The van der Waals surface area contributed by atoms with E-state index in [2.05, 4.69) is 13.2 Å². The minimum Gasteiger partial charge on any atom is -0.389 e. The van der Waals surface area contributed by atoms with E-state index in [4.69, 9.17) is 4.74 Å². The molecule has 3 aliphatic rings. The molecule has 3 atom stereocenters. The van der Waals surface area contributed by atoms with E-state index in [1.54, 1.807) is 13.8 Å². The molecule has 3 saturated heterocycles. The smallest absolute Gasteiger partial charge is 0.255 e. The number of epoxide rings is 1. The summed E-state index contributed by atoms with van der Waals surface area (Å²) in [6.45, 7) is 14.8. The number of aliphatic hydroxyl groups is 1. The van der Waals surface area contributed by atoms with Crippen LogP contribution >= 0.6 is 0 Å². The Morgan fingerprint density at radius 2 is 1.67 bits per heavy atom. The predicted molar refractivity (Wildman–Crippen MR) is 98.2 cm³/mol. The fourth-order valence-electron chi connectivity index (χ4n) is 4.07. The van der Waals surface area contributed by atoms with E-state index in [0.717, 1.165) is 10.5 Å². The molecule has 0 aromatic carbocycles. The van der Waals surface area contributed by atoms with Gasteiger partial charge in [0.05, 0.1) is 19.2 Å². The van der Waals surface area contributed by atoms with Gasteiger partial charge in [-0.05, 0) is 18.4 Å². The molecule has 0 saturated carbocycles. The average molecular weight is 376 g/mol. The van der Waals surface area contributed by atoms with E-state index in [-0.39, 0.29) is 31.0 Å². The van der Waals surface area contributed by atoms with Gasteiger partial charge in [0, 0.05) is 16.4 Å². The van der Waals surface area contributed by atoms with Crippen LogP contribution in [0, 0.1) is 10.8 Å². The molecule has 3 unspecified atom stereocenters. The lowest BCUT2D eigenvalue weighted by Crippen LogP contribution is -2.54. The van der Waals surface area contributed by atoms with Crippen LogP contribution in [-0.2, 0) is 19.1 Å². The van der Waals surface area contributed by atoms with Crippen LogP contribution in [-0.4, -0.2) is 64.2 Å². The van der Waals surface area contributed by atoms with Crippen LogP contribution in [0.15, 0.2) is 24.3 Å². The van der Waals surface area contributed by atoms with Crippen molar-refractivity contribution in [2.45, 2.75) is 59.0 Å². The van der Waals surface area contributed by atoms with E-state index < -0.39 is 29.1 Å². The van der Waals surface area contributed by atoms with Gasteiger partial charge >= 0.3 is 0 Å². The molecule has 3 fully saturated rings. The van der Waals surface area contributed by atoms with Gasteiger partial charge in [-0.2, -0.15) is 0 Å². The summed E-state index contributed by atoms with van der Waals surface area (Å²) in [5, 5.41) is 10.6. The van der Waals surface area contributed by atoms with Gasteiger partial charge in [-0.15, -0.1) is 0 Å². The summed E-state index contributed by atoms with van der Waals surface area (Å²) in [5.41, 5.74) is -0.163. The Balaban J connectivity index is 1.73. The number of β-amino-alcohol motifs (C(OH)–C–C–N with tert-alkyl or cyclic N) is 1. The van der Waals surface area contributed by atoms with Gasteiger partial charge in [0.2, 0.25) is 11.8 Å². The SMILES string of the molecule is C=C1CC(C)(C)C(=O)N(CC(O)CN2C(=O)C(C)(C)CC(=C)C3OC32)C1=O. The van der Waals surface area contributed by atoms with Gasteiger partial charge in [-0.25, -0.2) is 0 Å². The van der Waals surface area contributed by atoms with Crippen molar-refractivity contribution in [1.82, 2.24) is 9.80 Å². The predicted octanol–water partition coefficient (Wildman–Crippen LogP) is 1.23. The zero-order chi connectivity index (χ0) is 20.3. The molecule has 7 nitrogen and oxygen atoms in total. The molecule has 1 N–H and O–H groups in total. The van der Waals surface area contributed by atoms with Crippen molar-refractivity contribution in [3.8, 4) is 0 Å². The lowest BCUT2D eigenvalue weighted by molar-refractivity contribution is -0.154. The number of nitrogens with zero attached hydrogens (tertiary/aromatic N) is 2. The lowest BCUT2D eigenvalue weighted by Gasteiger charge is -2.38. The number of hydrogen-bond donors (Lipinski definition) is 1. The lowest BCUT2D eigenvalue weighted by atomic mass is 9.80. The number of carbonyl (C=O) groups excluding carboxylic acids is 3. The number of aliphatic hydroxyl groups excluding tert-OH is 1. The summed E-state index contributed by atoms with van der Waals surface area (Å²) in [5.74, 6) is -0.932. The maximum Gasteiger partial charge on any atom is 0.255 e. The van der Waals surface area contributed by atoms with Crippen LogP contribution in [0.3, 0.4) is 0 Å². The van der Waals surface area contributed by atoms with Crippen molar-refractivity contribution in [2.75, 3.05) is 13.1 Å². The first-order chi connectivity index (χ1) is 12.3. The van der Waals surface area contributed by atoms with E-state index in [1.807, 2.05) is 13.8 Å². The van der Waals surface area contributed by atoms with Gasteiger partial charge < -0.3 is 14.7 Å². The monoisotopic (exact) mass is 376 g/mol. The number of hydrogen-bond acceptors (Lipinski definition) is 5. The minimum absolute atomic E-state index is 0.0132. The van der Waals surface area contributed by atoms with Gasteiger partial charge in [0.15, 0.2) is 6.23 Å². The molecule has 3 aliphatic heterocycles. The molecule has 0 bridgehead atoms. The van der Waals surface area contributed by atoms with Crippen molar-refractivity contribution in [3.63, 3.8) is 0 Å². The molecule has 0 aliphatic carbocycles. The summed E-state index contributed by atoms with van der Waals surface area (Å²) in [4.78, 5) is 40.4. The van der Waals surface area contributed by atoms with Gasteiger partial charge in [0.1, 0.15) is 6.10 Å². The third-order valence-corrected chi connectivity index (χ3v) is 5.51. The molecule has 3 heterocycles. The first kappa shape index (κ1) is 19.8. The number of ether oxygens (including phenoxy) is 1. The van der Waals surface area contributed by atoms with E-state index >= 15 is 0 Å². The van der Waals surface area contributed by atoms with Gasteiger partial charge in [-0.3, -0.25) is 19.3 Å². The Morgan fingerprint density at radius 3 is 2.30 bits per heavy atom. The van der Waals surface area contributed by atoms with Crippen LogP contribution in [0.5, 0.6) is 0 Å². The highest BCUT2D eigenvalue weighted by Crippen LogP contribution is 2.43. The molecule has 27 heavy (non-hydrogen) atoms. The Labute approximate surface area is 159 Å². The first-order valence-corrected chi connectivity index (χ1v) is 9.21. The van der Waals surface area contributed by atoms with E-state index in [1.165, 1.54) is 4.90 Å². The van der Waals surface area contributed by atoms with Crippen molar-refractivity contribution in [2.24, 2.45) is 10.8 Å². The highest BCUT2D eigenvalue weighted by Gasteiger charge is 2.54. The van der Waals surface area contributed by atoms with Crippen LogP contribution in [0.1, 0.15) is 40.5 Å². The Kier molecular flexibility index (Phi) is 4.59. The fraction of sp³-hybridized carbons (Fsp3) is 0.650. The van der Waals surface area contributed by atoms with Crippen molar-refractivity contribution in [3.05, 3.63) is 24.3 Å². The van der Waals surface area contributed by atoms with Crippen LogP contribution in [0.4, 0.5) is 0 Å². The number of amides is 3. The summed E-state index contributed by atoms with van der Waals surface area (Å²) in [7, 11) is 0. The minimum atomic E-state index is -1.07. The number of imide groups is 1. The molecule has 7 heteroatoms. The molecule has 3 amide bonds. The highest BCUT2D eigenvalue weighted by molar-refractivity contribution is 6.08. The standard InChI is InChI=1S/C20H28N2O5/c1-11-7-19(3,4)18(26)22(16-14(11)27-16)10-13(23)9-21-15(24)12(2)8-20(5,6)17(21)25/h13-14,16,23H,1-2,7-10H2,3-6H3. The second-order valence-corrected chi connectivity index (χ2v) is 9.16. The summed E-state index contributed by atoms with van der Waals surface area (Å²) < 4.78 is 5.56. The van der Waals surface area contributed by atoms with Crippen LogP contribution in [0.25, 0.3) is 0 Å². The number of piperidine rings is 1. The van der Waals surface area contributed by atoms with Gasteiger partial charge in [-0.1, -0.05) is 40.9 Å². The van der Waals surface area contributed by atoms with Crippen molar-refractivity contribution in [1.29, 1.82) is 0 Å². The summed E-state index contributed by atoms with van der Waals surface area (Å²) in [6, 6.07) is 0. The van der Waals surface area contributed by atoms with Crippen molar-refractivity contribution < 1.29 is 24.2 Å². The maximum absolute atomic E-state index is 12.9. The topological polar surface area (TPSA) is 90.5 Å². The molecule has 0 radical (unpaired) electrons. The first-order valence-electron chi connectivity index (χ1n) is 9.21. The molecule has 0 aromatic heterocycles. The van der Waals surface area contributed by atoms with E-state index in [9.17, 15) is 19.5 Å². The summed E-state index contributed by atoms with van der Waals surface area (Å²) in [6.07, 6.45) is -0.886. The Hall–Kier alpha value is -1.99. The molecular formula is C20H28N2O5. The van der Waals surface area contributed by atoms with E-state index in [0.29, 0.717) is 18.4 Å². The second-order valence-electron chi connectivity index (χ2n) is 9.16. The highest BCUT2D eigenvalue weighted by atomic mass is 16.6. The fourth-order valence-corrected chi connectivity index (χ4v) is 4.07. The zero-order valence-electron chi connectivity index (χ0n) is 16.4.